The molecule has 2 aromatic carbocycles. The highest BCUT2D eigenvalue weighted by molar-refractivity contribution is 6.30. The summed E-state index contributed by atoms with van der Waals surface area (Å²) in [4.78, 5) is 27.5. The Kier molecular flexibility index (Phi) is 6.33. The Balaban J connectivity index is 1.85. The van der Waals surface area contributed by atoms with Crippen LogP contribution in [-0.2, 0) is 9.59 Å². The Hall–Kier alpha value is -2.73. The molecule has 29 heavy (non-hydrogen) atoms. The van der Waals surface area contributed by atoms with Gasteiger partial charge in [-0.05, 0) is 56.7 Å². The zero-order valence-electron chi connectivity index (χ0n) is 16.8. The van der Waals surface area contributed by atoms with Gasteiger partial charge in [-0.3, -0.25) is 9.59 Å². The van der Waals surface area contributed by atoms with Crippen LogP contribution >= 0.6 is 11.6 Å². The molecule has 1 aliphatic rings. The van der Waals surface area contributed by atoms with Gasteiger partial charge in [0, 0.05) is 11.6 Å². The van der Waals surface area contributed by atoms with Gasteiger partial charge >= 0.3 is 0 Å². The zero-order valence-corrected chi connectivity index (χ0v) is 17.5. The summed E-state index contributed by atoms with van der Waals surface area (Å²) in [6.07, 6.45) is 0.0337. The molecule has 7 heteroatoms. The van der Waals surface area contributed by atoms with Gasteiger partial charge in [0.25, 0.3) is 11.8 Å². The number of nitrogens with zero attached hydrogens (tertiary/aromatic N) is 1. The molecule has 6 nitrogen and oxygen atoms in total. The number of ether oxygens (including phenoxy) is 2. The molecule has 1 aliphatic heterocycles. The monoisotopic (exact) mass is 416 g/mol. The molecule has 0 saturated carbocycles. The van der Waals surface area contributed by atoms with Crippen molar-refractivity contribution in [2.75, 3.05) is 18.0 Å². The van der Waals surface area contributed by atoms with E-state index in [4.69, 9.17) is 21.1 Å². The largest absolute Gasteiger partial charge is 0.478 e. The Morgan fingerprint density at radius 3 is 2.59 bits per heavy atom. The minimum atomic E-state index is -1.16. The summed E-state index contributed by atoms with van der Waals surface area (Å²) in [7, 11) is 0. The second kappa shape index (κ2) is 8.74. The van der Waals surface area contributed by atoms with E-state index in [1.807, 2.05) is 19.1 Å². The second-order valence-corrected chi connectivity index (χ2v) is 7.78. The molecule has 0 spiro atoms. The zero-order chi connectivity index (χ0) is 21.0. The highest BCUT2D eigenvalue weighted by Gasteiger charge is 2.41. The Morgan fingerprint density at radius 1 is 1.21 bits per heavy atom. The van der Waals surface area contributed by atoms with Gasteiger partial charge in [-0.2, -0.15) is 0 Å². The van der Waals surface area contributed by atoms with Gasteiger partial charge in [0.15, 0.2) is 11.7 Å². The molecule has 154 valence electrons. The first-order valence-corrected chi connectivity index (χ1v) is 9.99. The van der Waals surface area contributed by atoms with Gasteiger partial charge in [0.2, 0.25) is 0 Å². The van der Waals surface area contributed by atoms with Crippen LogP contribution in [0.4, 0.5) is 5.69 Å². The molecular weight excluding hydrogens is 392 g/mol. The van der Waals surface area contributed by atoms with Crippen molar-refractivity contribution in [1.82, 2.24) is 5.32 Å². The third kappa shape index (κ3) is 4.82. The van der Waals surface area contributed by atoms with Crippen molar-refractivity contribution in [2.24, 2.45) is 0 Å². The lowest BCUT2D eigenvalue weighted by molar-refractivity contribution is -0.133. The number of benzene rings is 2. The second-order valence-electron chi connectivity index (χ2n) is 7.35. The minimum absolute atomic E-state index is 0.110. The van der Waals surface area contributed by atoms with Crippen molar-refractivity contribution in [2.45, 2.75) is 38.9 Å². The number of rotatable bonds is 6. The summed E-state index contributed by atoms with van der Waals surface area (Å²) in [5.41, 5.74) is -0.548. The van der Waals surface area contributed by atoms with E-state index in [0.29, 0.717) is 28.8 Å². The summed E-state index contributed by atoms with van der Waals surface area (Å²) in [6.45, 7) is 6.05. The Labute approximate surface area is 175 Å². The number of anilines is 1. The molecule has 2 aromatic rings. The predicted molar refractivity (Wildman–Crippen MR) is 113 cm³/mol. The van der Waals surface area contributed by atoms with Crippen LogP contribution in [0.1, 0.15) is 27.2 Å². The van der Waals surface area contributed by atoms with Gasteiger partial charge in [-0.25, -0.2) is 0 Å². The van der Waals surface area contributed by atoms with Crippen LogP contribution in [-0.4, -0.2) is 36.6 Å². The number of hydrogen-bond donors (Lipinski definition) is 1. The van der Waals surface area contributed by atoms with Gasteiger partial charge in [-0.1, -0.05) is 30.7 Å². The van der Waals surface area contributed by atoms with E-state index < -0.39 is 11.7 Å². The highest BCUT2D eigenvalue weighted by Crippen LogP contribution is 2.35. The van der Waals surface area contributed by atoms with Crippen LogP contribution in [0.5, 0.6) is 11.5 Å². The summed E-state index contributed by atoms with van der Waals surface area (Å²) < 4.78 is 11.8. The maximum Gasteiger partial charge on any atom is 0.270 e. The highest BCUT2D eigenvalue weighted by atomic mass is 35.5. The van der Waals surface area contributed by atoms with E-state index >= 15 is 0 Å². The van der Waals surface area contributed by atoms with Crippen molar-refractivity contribution in [1.29, 1.82) is 0 Å². The number of halogens is 1. The molecule has 0 saturated heterocycles. The lowest BCUT2D eigenvalue weighted by atomic mass is 10.0. The molecule has 1 atom stereocenters. The first kappa shape index (κ1) is 21.0. The average Bonchev–Trinajstić information content (AvgIpc) is 2.72. The SMILES string of the molecule is CCCNC(=O)[C@H]1CN(C(=O)C(C)(C)Oc2ccc(Cl)cc2)c2ccccc2O1. The van der Waals surface area contributed by atoms with Gasteiger partial charge in [-0.15, -0.1) is 0 Å². The first-order chi connectivity index (χ1) is 13.8. The number of nitrogens with one attached hydrogen (secondary N) is 1. The summed E-state index contributed by atoms with van der Waals surface area (Å²) in [5, 5.41) is 3.42. The molecule has 3 rings (SSSR count). The van der Waals surface area contributed by atoms with Gasteiger partial charge < -0.3 is 19.7 Å². The third-order valence-corrected chi connectivity index (χ3v) is 4.81. The summed E-state index contributed by atoms with van der Waals surface area (Å²) >= 11 is 5.92. The molecule has 1 N–H and O–H groups in total. The van der Waals surface area contributed by atoms with Crippen molar-refractivity contribution >= 4 is 29.1 Å². The lowest BCUT2D eigenvalue weighted by Gasteiger charge is -2.38. The molecule has 0 fully saturated rings. The van der Waals surface area contributed by atoms with Crippen LogP contribution in [0.2, 0.25) is 5.02 Å². The van der Waals surface area contributed by atoms with Crippen LogP contribution < -0.4 is 19.7 Å². The van der Waals surface area contributed by atoms with Crippen LogP contribution in [0.25, 0.3) is 0 Å². The molecule has 0 aromatic heterocycles. The maximum absolute atomic E-state index is 13.4. The molecule has 0 aliphatic carbocycles. The number of carbonyl (C=O) groups excluding carboxylic acids is 2. The van der Waals surface area contributed by atoms with Crippen LogP contribution in [0, 0.1) is 0 Å². The summed E-state index contributed by atoms with van der Waals surface area (Å²) in [6, 6.07) is 14.0. The standard InChI is InChI=1S/C22H25ClN2O4/c1-4-13-24-20(26)19-14-25(17-7-5-6-8-18(17)28-19)21(27)22(2,3)29-16-11-9-15(23)10-12-16/h5-12,19H,4,13-14H2,1-3H3,(H,24,26)/t19-/m1/s1. The van der Waals surface area contributed by atoms with E-state index in [9.17, 15) is 9.59 Å². The fourth-order valence-corrected chi connectivity index (χ4v) is 3.22. The Bertz CT molecular complexity index is 883. The third-order valence-electron chi connectivity index (χ3n) is 4.56. The fraction of sp³-hybridized carbons (Fsp3) is 0.364. The number of carbonyl (C=O) groups is 2. The van der Waals surface area contributed by atoms with Crippen molar-refractivity contribution in [3.05, 3.63) is 53.6 Å². The van der Waals surface area contributed by atoms with E-state index in [-0.39, 0.29) is 18.4 Å². The lowest BCUT2D eigenvalue weighted by Crippen LogP contribution is -2.56. The van der Waals surface area contributed by atoms with Gasteiger partial charge in [0.1, 0.15) is 11.5 Å². The predicted octanol–water partition coefficient (Wildman–Crippen LogP) is 3.82. The number of para-hydroxylation sites is 2. The molecule has 2 amide bonds. The summed E-state index contributed by atoms with van der Waals surface area (Å²) in [5.74, 6) is 0.518. The number of fused-ring (bicyclic) bond motifs is 1. The van der Waals surface area contributed by atoms with E-state index in [2.05, 4.69) is 5.32 Å². The van der Waals surface area contributed by atoms with Crippen LogP contribution in [0.3, 0.4) is 0 Å². The minimum Gasteiger partial charge on any atom is -0.478 e. The van der Waals surface area contributed by atoms with E-state index in [1.54, 1.807) is 55.1 Å². The van der Waals surface area contributed by atoms with Gasteiger partial charge in [0.05, 0.1) is 12.2 Å². The quantitative estimate of drug-likeness (QED) is 0.777. The van der Waals surface area contributed by atoms with Crippen molar-refractivity contribution < 1.29 is 19.1 Å². The van der Waals surface area contributed by atoms with Crippen molar-refractivity contribution in [3.63, 3.8) is 0 Å². The molecule has 1 heterocycles. The molecular formula is C22H25ClN2O4. The number of hydrogen-bond acceptors (Lipinski definition) is 4. The average molecular weight is 417 g/mol. The fourth-order valence-electron chi connectivity index (χ4n) is 3.09. The van der Waals surface area contributed by atoms with E-state index in [1.165, 1.54) is 0 Å². The molecule has 0 unspecified atom stereocenters. The van der Waals surface area contributed by atoms with Crippen molar-refractivity contribution in [3.8, 4) is 11.5 Å². The smallest absolute Gasteiger partial charge is 0.270 e. The molecule has 0 radical (unpaired) electrons. The first-order valence-electron chi connectivity index (χ1n) is 9.62. The van der Waals surface area contributed by atoms with E-state index in [0.717, 1.165) is 6.42 Å². The van der Waals surface area contributed by atoms with Crippen LogP contribution in [0.15, 0.2) is 48.5 Å². The topological polar surface area (TPSA) is 67.9 Å². The Morgan fingerprint density at radius 2 is 1.90 bits per heavy atom. The maximum atomic E-state index is 13.4. The molecule has 0 bridgehead atoms. The number of amides is 2. The normalized spacial score (nSPS) is 15.9.